The Hall–Kier alpha value is -4.96. The molecule has 0 aliphatic heterocycles. The molecule has 244 valence electrons. The van der Waals surface area contributed by atoms with Crippen LogP contribution in [-0.2, 0) is 19.1 Å². The number of imidazole rings is 2. The number of H-pyrrole nitrogens is 2. The molecule has 0 aliphatic rings. The highest BCUT2D eigenvalue weighted by molar-refractivity contribution is 7.65. The molecule has 0 fully saturated rings. The summed E-state index contributed by atoms with van der Waals surface area (Å²) in [6, 6.07) is 21.1. The van der Waals surface area contributed by atoms with E-state index in [0.717, 1.165) is 53.8 Å². The number of nitrogens with zero attached hydrogens (tertiary/aromatic N) is 2. The van der Waals surface area contributed by atoms with Gasteiger partial charge in [-0.05, 0) is 51.6 Å². The molecule has 0 saturated heterocycles. The minimum Gasteiger partial charge on any atom is -0.453 e. The number of nitrogens with one attached hydrogen (secondary N) is 4. The van der Waals surface area contributed by atoms with Gasteiger partial charge in [0.05, 0.1) is 49.4 Å². The number of hydrogen-bond acceptors (Lipinski definition) is 9. The van der Waals surface area contributed by atoms with E-state index in [-0.39, 0.29) is 47.7 Å². The van der Waals surface area contributed by atoms with Gasteiger partial charge >= 0.3 is 12.2 Å². The quantitative estimate of drug-likeness (QED) is 0.125. The summed E-state index contributed by atoms with van der Waals surface area (Å²) in [5, 5.41) is 8.19. The zero-order chi connectivity index (χ0) is 33.6. The van der Waals surface area contributed by atoms with Crippen molar-refractivity contribution in [2.75, 3.05) is 27.3 Å². The Kier molecular flexibility index (Phi) is 10.2. The molecule has 2 atom stereocenters. The smallest absolute Gasteiger partial charge is 0.407 e. The molecule has 2 amide bonds. The monoisotopic (exact) mass is 700 g/mol. The summed E-state index contributed by atoms with van der Waals surface area (Å²) in [4.78, 5) is 63.1. The van der Waals surface area contributed by atoms with Crippen molar-refractivity contribution in [2.45, 2.75) is 6.42 Å². The van der Waals surface area contributed by atoms with Gasteiger partial charge in [-0.15, -0.1) is 11.3 Å². The number of amides is 2. The highest BCUT2D eigenvalue weighted by atomic mass is 32.1. The fourth-order valence-corrected chi connectivity index (χ4v) is 7.60. The van der Waals surface area contributed by atoms with Crippen LogP contribution in [0.5, 0.6) is 0 Å². The van der Waals surface area contributed by atoms with Gasteiger partial charge in [-0.1, -0.05) is 36.4 Å². The average Bonchev–Trinajstić information content (AvgIpc) is 3.86. The van der Waals surface area contributed by atoms with Crippen LogP contribution in [0.3, 0.4) is 0 Å². The predicted molar refractivity (Wildman–Crippen MR) is 191 cm³/mol. The molecule has 0 saturated carbocycles. The number of aromatic nitrogens is 4. The van der Waals surface area contributed by atoms with Gasteiger partial charge < -0.3 is 30.1 Å². The lowest BCUT2D eigenvalue weighted by Crippen LogP contribution is -2.28. The summed E-state index contributed by atoms with van der Waals surface area (Å²) in [5.74, 6) is 0. The second-order valence-corrected chi connectivity index (χ2v) is 14.2. The Morgan fingerprint density at radius 2 is 1.29 bits per heavy atom. The highest BCUT2D eigenvalue weighted by Gasteiger charge is 2.14. The molecule has 3 aromatic heterocycles. The normalized spacial score (nSPS) is 11.5. The van der Waals surface area contributed by atoms with Gasteiger partial charge in [0.2, 0.25) is 0 Å². The average molecular weight is 701 g/mol. The molecule has 0 aliphatic carbocycles. The second kappa shape index (κ2) is 14.9. The maximum atomic E-state index is 12.3. The van der Waals surface area contributed by atoms with Crippen LogP contribution in [0.2, 0.25) is 0 Å². The van der Waals surface area contributed by atoms with Crippen LogP contribution in [0.15, 0.2) is 73.1 Å². The highest BCUT2D eigenvalue weighted by Crippen LogP contribution is 2.36. The third-order valence-corrected chi connectivity index (χ3v) is 10.4. The third kappa shape index (κ3) is 7.94. The fraction of sp³-hybridized carbons (Fsp3) is 0.152. The number of carbonyl (C=O) groups is 4. The van der Waals surface area contributed by atoms with E-state index in [2.05, 4.69) is 94.6 Å². The van der Waals surface area contributed by atoms with Gasteiger partial charge in [-0.2, -0.15) is 0 Å². The minimum atomic E-state index is -0.646. The Bertz CT molecular complexity index is 2160. The van der Waals surface area contributed by atoms with E-state index in [4.69, 9.17) is 0 Å². The summed E-state index contributed by atoms with van der Waals surface area (Å²) in [6.07, 6.45) is 2.46. The molecule has 4 N–H and O–H groups in total. The van der Waals surface area contributed by atoms with E-state index in [1.54, 1.807) is 23.7 Å². The number of ether oxygens (including phenoxy) is 2. The summed E-state index contributed by atoms with van der Waals surface area (Å²) in [6.45, 7) is 0.108. The molecule has 2 unspecified atom stereocenters. The van der Waals surface area contributed by atoms with Crippen LogP contribution in [0.25, 0.3) is 53.8 Å². The van der Waals surface area contributed by atoms with E-state index in [1.165, 1.54) is 14.2 Å². The number of alkyl carbamates (subject to hydrolysis) is 2. The van der Waals surface area contributed by atoms with E-state index in [1.807, 2.05) is 6.07 Å². The molecule has 12 nitrogen and oxygen atoms in total. The van der Waals surface area contributed by atoms with Gasteiger partial charge in [-0.25, -0.2) is 19.6 Å². The predicted octanol–water partition coefficient (Wildman–Crippen LogP) is 5.26. The van der Waals surface area contributed by atoms with Crippen LogP contribution in [-0.4, -0.2) is 70.5 Å². The van der Waals surface area contributed by atoms with Crippen molar-refractivity contribution in [2.24, 2.45) is 0 Å². The van der Waals surface area contributed by atoms with Crippen molar-refractivity contribution in [1.82, 2.24) is 30.6 Å². The molecule has 15 heteroatoms. The summed E-state index contributed by atoms with van der Waals surface area (Å²) in [7, 11) is 2.19. The van der Waals surface area contributed by atoms with Gasteiger partial charge in [0, 0.05) is 40.4 Å². The fourth-order valence-electron chi connectivity index (χ4n) is 4.92. The first-order valence-electron chi connectivity index (χ1n) is 14.7. The van der Waals surface area contributed by atoms with Gasteiger partial charge in [0.15, 0.2) is 11.0 Å². The number of carbonyl (C=O) groups excluding carboxylic acids is 4. The molecular weight excluding hydrogens is 670 g/mol. The van der Waals surface area contributed by atoms with E-state index < -0.39 is 12.2 Å². The molecule has 6 aromatic rings. The first-order chi connectivity index (χ1) is 23.3. The Morgan fingerprint density at radius 3 is 2.02 bits per heavy atom. The van der Waals surface area contributed by atoms with Crippen LogP contribution in [0.1, 0.15) is 6.42 Å². The van der Waals surface area contributed by atoms with Crippen molar-refractivity contribution in [3.63, 3.8) is 0 Å². The second-order valence-electron chi connectivity index (χ2n) is 10.5. The van der Waals surface area contributed by atoms with Gasteiger partial charge in [-0.3, -0.25) is 9.59 Å². The van der Waals surface area contributed by atoms with Crippen molar-refractivity contribution in [3.8, 4) is 33.0 Å². The molecular formula is C33H30N6O6P2S. The Balaban J connectivity index is 1.12. The lowest BCUT2D eigenvalue weighted by Gasteiger charge is -2.06. The number of fused-ring (bicyclic) bond motifs is 2. The maximum absolute atomic E-state index is 12.3. The van der Waals surface area contributed by atoms with Crippen molar-refractivity contribution in [1.29, 1.82) is 0 Å². The topological polar surface area (TPSA) is 168 Å². The zero-order valence-corrected chi connectivity index (χ0v) is 28.6. The number of aromatic amines is 2. The number of thiophene rings is 1. The summed E-state index contributed by atoms with van der Waals surface area (Å²) >= 11 is 1.64. The first kappa shape index (κ1) is 33.0. The van der Waals surface area contributed by atoms with Crippen molar-refractivity contribution >= 4 is 83.7 Å². The summed E-state index contributed by atoms with van der Waals surface area (Å²) < 4.78 is 10.1. The standard InChI is InChI=1S/C33H30N6O6P2S/c1-44-32(42)34-10-9-28(40)46-30-35-15-24(38-30)22-7-5-18-11-19(3-4-20(18)12-22)21-6-8-23-14-27(48-26(23)13-21)25-16-36-31(39-25)47-29(41)17-37-33(43)45-2/h3-8,11-16,46-47H,9-10,17H2,1-2H3,(H,34,42)(H,35,38)(H,36,39)(H,37,43). The first-order valence-corrected chi connectivity index (χ1v) is 17.5. The molecule has 0 radical (unpaired) electrons. The van der Waals surface area contributed by atoms with Crippen LogP contribution < -0.4 is 21.8 Å². The maximum Gasteiger partial charge on any atom is 0.407 e. The molecule has 0 spiro atoms. The molecule has 3 heterocycles. The van der Waals surface area contributed by atoms with Gasteiger partial charge in [0.1, 0.15) is 11.1 Å². The van der Waals surface area contributed by atoms with E-state index in [9.17, 15) is 19.2 Å². The van der Waals surface area contributed by atoms with Crippen LogP contribution in [0, 0.1) is 0 Å². The number of methoxy groups -OCH3 is 2. The van der Waals surface area contributed by atoms with Crippen molar-refractivity contribution < 1.29 is 28.7 Å². The van der Waals surface area contributed by atoms with Gasteiger partial charge in [0.25, 0.3) is 0 Å². The summed E-state index contributed by atoms with van der Waals surface area (Å²) in [5.41, 5.74) is 5.82. The van der Waals surface area contributed by atoms with Crippen LogP contribution >= 0.6 is 28.5 Å². The van der Waals surface area contributed by atoms with Crippen LogP contribution in [0.4, 0.5) is 9.59 Å². The largest absolute Gasteiger partial charge is 0.453 e. The molecule has 48 heavy (non-hydrogen) atoms. The molecule has 3 aromatic carbocycles. The third-order valence-electron chi connectivity index (χ3n) is 7.32. The number of rotatable bonds is 12. The molecule has 6 rings (SSSR count). The Morgan fingerprint density at radius 1 is 0.708 bits per heavy atom. The SMILES string of the molecule is COC(=O)NCCC(=O)Pc1ncc(-c2ccc3cc(-c4ccc5cc(-c6cnc(PC(=O)CNC(=O)OC)[nH]6)sc5c4)ccc3c2)[nH]1. The lowest BCUT2D eigenvalue weighted by atomic mass is 9.99. The van der Waals surface area contributed by atoms with Crippen molar-refractivity contribution in [3.05, 3.63) is 73.1 Å². The minimum absolute atomic E-state index is 0.0118. The number of benzene rings is 3. The lowest BCUT2D eigenvalue weighted by molar-refractivity contribution is -0.111. The molecule has 0 bridgehead atoms. The zero-order valence-electron chi connectivity index (χ0n) is 25.8. The van der Waals surface area contributed by atoms with E-state index in [0.29, 0.717) is 11.1 Å². The number of hydrogen-bond donors (Lipinski definition) is 4. The van der Waals surface area contributed by atoms with E-state index >= 15 is 0 Å². The Labute approximate surface area is 282 Å².